The number of nitrogens with zero attached hydrogens (tertiary/aromatic N) is 3. The van der Waals surface area contributed by atoms with Crippen LogP contribution in [-0.2, 0) is 4.74 Å². The van der Waals surface area contributed by atoms with Crippen LogP contribution in [0.4, 0.5) is 0 Å². The maximum Gasteiger partial charge on any atom is 0.191 e. The van der Waals surface area contributed by atoms with Gasteiger partial charge in [0.15, 0.2) is 5.96 Å². The van der Waals surface area contributed by atoms with Crippen molar-refractivity contribution in [1.29, 1.82) is 0 Å². The maximum absolute atomic E-state index is 6.03. The Kier molecular flexibility index (Phi) is 3.58. The lowest BCUT2D eigenvalue weighted by Crippen LogP contribution is -2.57. The fraction of sp³-hybridized carbons (Fsp3) is 0.917. The van der Waals surface area contributed by atoms with Crippen molar-refractivity contribution >= 4 is 5.96 Å². The Morgan fingerprint density at radius 3 is 3.00 bits per heavy atom. The van der Waals surface area contributed by atoms with E-state index in [-0.39, 0.29) is 5.54 Å². The Labute approximate surface area is 104 Å². The van der Waals surface area contributed by atoms with Gasteiger partial charge in [-0.15, -0.1) is 0 Å². The molecule has 2 aliphatic rings. The van der Waals surface area contributed by atoms with Crippen LogP contribution in [-0.4, -0.2) is 67.7 Å². The molecular formula is C12H24N4O. The van der Waals surface area contributed by atoms with Crippen molar-refractivity contribution in [1.82, 2.24) is 9.80 Å². The summed E-state index contributed by atoms with van der Waals surface area (Å²) in [4.78, 5) is 8.93. The zero-order valence-corrected chi connectivity index (χ0v) is 11.1. The van der Waals surface area contributed by atoms with Gasteiger partial charge in [0.25, 0.3) is 0 Å². The number of aliphatic imine (C=N–C) groups is 1. The average molecular weight is 240 g/mol. The van der Waals surface area contributed by atoms with Crippen molar-refractivity contribution in [3.63, 3.8) is 0 Å². The van der Waals surface area contributed by atoms with Gasteiger partial charge < -0.3 is 20.3 Å². The molecule has 2 aliphatic heterocycles. The quantitative estimate of drug-likeness (QED) is 0.761. The molecule has 2 rings (SSSR count). The van der Waals surface area contributed by atoms with E-state index in [0.29, 0.717) is 12.1 Å². The van der Waals surface area contributed by atoms with Crippen LogP contribution in [0.5, 0.6) is 0 Å². The Morgan fingerprint density at radius 1 is 1.59 bits per heavy atom. The topological polar surface area (TPSA) is 54.1 Å². The van der Waals surface area contributed by atoms with E-state index in [2.05, 4.69) is 35.8 Å². The van der Waals surface area contributed by atoms with E-state index in [1.54, 1.807) is 0 Å². The Balaban J connectivity index is 2.05. The van der Waals surface area contributed by atoms with Crippen molar-refractivity contribution < 1.29 is 4.74 Å². The summed E-state index contributed by atoms with van der Waals surface area (Å²) in [6, 6.07) is 0. The number of likely N-dealkylation sites (N-methyl/N-ethyl adjacent to an activating group) is 1. The van der Waals surface area contributed by atoms with Crippen molar-refractivity contribution in [2.75, 3.05) is 40.3 Å². The highest BCUT2D eigenvalue weighted by molar-refractivity contribution is 5.81. The predicted octanol–water partition coefficient (Wildman–Crippen LogP) is 0.116. The smallest absolute Gasteiger partial charge is 0.191 e. The Morgan fingerprint density at radius 2 is 2.35 bits per heavy atom. The molecule has 2 N–H and O–H groups in total. The van der Waals surface area contributed by atoms with Crippen LogP contribution in [0, 0.1) is 0 Å². The largest absolute Gasteiger partial charge is 0.378 e. The number of guanidine groups is 1. The van der Waals surface area contributed by atoms with Crippen LogP contribution in [0.2, 0.25) is 0 Å². The van der Waals surface area contributed by atoms with Crippen LogP contribution in [0.3, 0.4) is 0 Å². The summed E-state index contributed by atoms with van der Waals surface area (Å²) in [6.07, 6.45) is 2.38. The predicted molar refractivity (Wildman–Crippen MR) is 69.1 cm³/mol. The minimum Gasteiger partial charge on any atom is -0.378 e. The van der Waals surface area contributed by atoms with Gasteiger partial charge in [-0.05, 0) is 33.9 Å². The number of nitrogens with two attached hydrogens (primary N) is 1. The van der Waals surface area contributed by atoms with Crippen molar-refractivity contribution in [3.8, 4) is 0 Å². The molecule has 1 saturated heterocycles. The zero-order valence-electron chi connectivity index (χ0n) is 11.1. The lowest BCUT2D eigenvalue weighted by atomic mass is 9.86. The molecule has 0 aromatic carbocycles. The van der Waals surface area contributed by atoms with Gasteiger partial charge in [-0.3, -0.25) is 4.99 Å². The van der Waals surface area contributed by atoms with Crippen LogP contribution in [0.15, 0.2) is 4.99 Å². The number of rotatable bonds is 3. The number of hydrogen-bond donors (Lipinski definition) is 1. The Bertz CT molecular complexity index is 305. The second-order valence-corrected chi connectivity index (χ2v) is 5.49. The summed E-state index contributed by atoms with van der Waals surface area (Å²) in [7, 11) is 4.17. The van der Waals surface area contributed by atoms with E-state index in [1.807, 2.05) is 0 Å². The van der Waals surface area contributed by atoms with E-state index in [1.165, 1.54) is 0 Å². The highest BCUT2D eigenvalue weighted by atomic mass is 16.5. The van der Waals surface area contributed by atoms with E-state index in [4.69, 9.17) is 10.5 Å². The third-order valence-electron chi connectivity index (χ3n) is 3.79. The lowest BCUT2D eigenvalue weighted by Gasteiger charge is -2.44. The number of ether oxygens (including phenoxy) is 1. The summed E-state index contributed by atoms with van der Waals surface area (Å²) < 4.78 is 5.64. The first-order valence-electron chi connectivity index (χ1n) is 6.37. The fourth-order valence-electron chi connectivity index (χ4n) is 2.83. The van der Waals surface area contributed by atoms with Gasteiger partial charge in [-0.25, -0.2) is 0 Å². The Hall–Kier alpha value is -0.810. The first-order valence-corrected chi connectivity index (χ1v) is 6.37. The van der Waals surface area contributed by atoms with Gasteiger partial charge in [0.2, 0.25) is 0 Å². The van der Waals surface area contributed by atoms with Crippen molar-refractivity contribution in [3.05, 3.63) is 0 Å². The molecule has 0 bridgehead atoms. The molecule has 1 fully saturated rings. The summed E-state index contributed by atoms with van der Waals surface area (Å²) in [6.45, 7) is 5.75. The molecule has 0 amide bonds. The minimum absolute atomic E-state index is 0.123. The van der Waals surface area contributed by atoms with Crippen LogP contribution in [0.25, 0.3) is 0 Å². The molecule has 0 radical (unpaired) electrons. The SMILES string of the molecule is CC1CC2(CCO1)CN=C(N)N2CCN(C)C. The number of hydrogen-bond acceptors (Lipinski definition) is 5. The highest BCUT2D eigenvalue weighted by Crippen LogP contribution is 2.34. The maximum atomic E-state index is 6.03. The fourth-order valence-corrected chi connectivity index (χ4v) is 2.83. The molecule has 17 heavy (non-hydrogen) atoms. The van der Waals surface area contributed by atoms with E-state index in [0.717, 1.165) is 39.1 Å². The first-order chi connectivity index (χ1) is 8.03. The zero-order chi connectivity index (χ0) is 12.5. The second kappa shape index (κ2) is 4.82. The van der Waals surface area contributed by atoms with Gasteiger partial charge in [0.05, 0.1) is 18.2 Å². The summed E-state index contributed by atoms with van der Waals surface area (Å²) in [5.74, 6) is 0.709. The summed E-state index contributed by atoms with van der Waals surface area (Å²) in [5.41, 5.74) is 6.16. The van der Waals surface area contributed by atoms with Crippen LogP contribution < -0.4 is 5.73 Å². The molecule has 0 aliphatic carbocycles. The van der Waals surface area contributed by atoms with Crippen molar-refractivity contribution in [2.24, 2.45) is 10.7 Å². The highest BCUT2D eigenvalue weighted by Gasteiger charge is 2.44. The molecule has 1 spiro atoms. The molecular weight excluding hydrogens is 216 g/mol. The first kappa shape index (κ1) is 12.6. The average Bonchev–Trinajstić information content (AvgIpc) is 2.53. The molecule has 2 atom stereocenters. The standard InChI is InChI=1S/C12H24N4O/c1-10-8-12(4-7-17-10)9-14-11(13)16(12)6-5-15(2)3/h10H,4-9H2,1-3H3,(H2,13,14). The summed E-state index contributed by atoms with van der Waals surface area (Å²) in [5, 5.41) is 0. The monoisotopic (exact) mass is 240 g/mol. The van der Waals surface area contributed by atoms with Gasteiger partial charge in [-0.2, -0.15) is 0 Å². The molecule has 5 heteroatoms. The van der Waals surface area contributed by atoms with Gasteiger partial charge >= 0.3 is 0 Å². The molecule has 0 aromatic rings. The normalized spacial score (nSPS) is 33.5. The summed E-state index contributed by atoms with van der Waals surface area (Å²) >= 11 is 0. The molecule has 5 nitrogen and oxygen atoms in total. The lowest BCUT2D eigenvalue weighted by molar-refractivity contribution is -0.0389. The van der Waals surface area contributed by atoms with Gasteiger partial charge in [0, 0.05) is 19.7 Å². The molecule has 98 valence electrons. The van der Waals surface area contributed by atoms with E-state index in [9.17, 15) is 0 Å². The van der Waals surface area contributed by atoms with Crippen LogP contribution in [0.1, 0.15) is 19.8 Å². The van der Waals surface area contributed by atoms with Gasteiger partial charge in [0.1, 0.15) is 0 Å². The van der Waals surface area contributed by atoms with E-state index >= 15 is 0 Å². The molecule has 0 saturated carbocycles. The minimum atomic E-state index is 0.123. The third kappa shape index (κ3) is 2.55. The van der Waals surface area contributed by atoms with Gasteiger partial charge in [-0.1, -0.05) is 0 Å². The van der Waals surface area contributed by atoms with Crippen molar-refractivity contribution in [2.45, 2.75) is 31.4 Å². The van der Waals surface area contributed by atoms with E-state index < -0.39 is 0 Å². The second-order valence-electron chi connectivity index (χ2n) is 5.49. The van der Waals surface area contributed by atoms with Crippen LogP contribution >= 0.6 is 0 Å². The molecule has 0 aromatic heterocycles. The molecule has 2 heterocycles. The third-order valence-corrected chi connectivity index (χ3v) is 3.79. The molecule has 2 unspecified atom stereocenters.